The lowest BCUT2D eigenvalue weighted by Gasteiger charge is -2.22. The molecular weight excluding hydrogens is 321 g/mol. The first-order chi connectivity index (χ1) is 10.5. The van der Waals surface area contributed by atoms with Crippen LogP contribution in [0.2, 0.25) is 0 Å². The van der Waals surface area contributed by atoms with Crippen LogP contribution in [-0.4, -0.2) is 34.0 Å². The highest BCUT2D eigenvalue weighted by Crippen LogP contribution is 2.39. The standard InChI is InChI=1S/C12H11F3N4O4/c1-11(5-20)9(16)18(10(21)17-11)6-2-3-8(19(22)23)7(4-6)12(13,14)15/h2-4,16,20H,5H2,1H3,(H,17,21). The summed E-state index contributed by atoms with van der Waals surface area (Å²) < 4.78 is 38.9. The smallest absolute Gasteiger partial charge is 0.393 e. The molecule has 1 aromatic carbocycles. The highest BCUT2D eigenvalue weighted by Gasteiger charge is 2.46. The van der Waals surface area contributed by atoms with Gasteiger partial charge >= 0.3 is 12.2 Å². The van der Waals surface area contributed by atoms with Gasteiger partial charge in [-0.1, -0.05) is 0 Å². The van der Waals surface area contributed by atoms with Crippen molar-refractivity contribution in [3.63, 3.8) is 0 Å². The largest absolute Gasteiger partial charge is 0.423 e. The van der Waals surface area contributed by atoms with E-state index in [0.29, 0.717) is 17.0 Å². The molecule has 2 rings (SSSR count). The summed E-state index contributed by atoms with van der Waals surface area (Å²) in [4.78, 5) is 22.0. The van der Waals surface area contributed by atoms with Crippen molar-refractivity contribution in [2.75, 3.05) is 11.5 Å². The van der Waals surface area contributed by atoms with Gasteiger partial charge in [0.1, 0.15) is 16.9 Å². The van der Waals surface area contributed by atoms with E-state index in [-0.39, 0.29) is 5.69 Å². The molecule has 1 unspecified atom stereocenters. The van der Waals surface area contributed by atoms with Crippen LogP contribution >= 0.6 is 0 Å². The van der Waals surface area contributed by atoms with E-state index in [4.69, 9.17) is 5.41 Å². The summed E-state index contributed by atoms with van der Waals surface area (Å²) in [5, 5.41) is 30.1. The monoisotopic (exact) mass is 332 g/mol. The van der Waals surface area contributed by atoms with Crippen LogP contribution in [-0.2, 0) is 6.18 Å². The fourth-order valence-electron chi connectivity index (χ4n) is 2.11. The summed E-state index contributed by atoms with van der Waals surface area (Å²) in [5.74, 6) is -0.466. The van der Waals surface area contributed by atoms with Crippen LogP contribution in [0.4, 0.5) is 29.3 Å². The Kier molecular flexibility index (Phi) is 3.76. The number of anilines is 1. The number of nitro groups is 1. The number of aliphatic hydroxyl groups is 1. The molecule has 1 aliphatic rings. The highest BCUT2D eigenvalue weighted by molar-refractivity contribution is 6.24. The minimum absolute atomic E-state index is 0.359. The zero-order valence-corrected chi connectivity index (χ0v) is 11.6. The highest BCUT2D eigenvalue weighted by atomic mass is 19.4. The van der Waals surface area contributed by atoms with Crippen LogP contribution in [0.5, 0.6) is 0 Å². The number of amidine groups is 1. The first kappa shape index (κ1) is 16.7. The van der Waals surface area contributed by atoms with Crippen molar-refractivity contribution in [3.8, 4) is 0 Å². The molecule has 1 aromatic rings. The van der Waals surface area contributed by atoms with Crippen molar-refractivity contribution in [2.45, 2.75) is 18.6 Å². The van der Waals surface area contributed by atoms with Gasteiger partial charge < -0.3 is 10.4 Å². The normalized spacial score (nSPS) is 21.5. The SMILES string of the molecule is CC1(CO)NC(=O)N(c2ccc([N+](=O)[O-])c(C(F)(F)F)c2)C1=N. The van der Waals surface area contributed by atoms with E-state index in [1.165, 1.54) is 6.92 Å². The van der Waals surface area contributed by atoms with E-state index in [0.717, 1.165) is 6.07 Å². The average Bonchev–Trinajstić information content (AvgIpc) is 2.68. The molecule has 1 fully saturated rings. The van der Waals surface area contributed by atoms with Crippen molar-refractivity contribution in [3.05, 3.63) is 33.9 Å². The second-order valence-electron chi connectivity index (χ2n) is 5.06. The minimum Gasteiger partial charge on any atom is -0.393 e. The van der Waals surface area contributed by atoms with Gasteiger partial charge in [-0.25, -0.2) is 9.69 Å². The Morgan fingerprint density at radius 3 is 2.52 bits per heavy atom. The predicted octanol–water partition coefficient (Wildman–Crippen LogP) is 1.87. The van der Waals surface area contributed by atoms with Gasteiger partial charge in [-0.2, -0.15) is 13.2 Å². The Labute approximate surface area is 127 Å². The predicted molar refractivity (Wildman–Crippen MR) is 72.3 cm³/mol. The Morgan fingerprint density at radius 2 is 2.09 bits per heavy atom. The van der Waals surface area contributed by atoms with E-state index >= 15 is 0 Å². The first-order valence-corrected chi connectivity index (χ1v) is 6.19. The maximum Gasteiger partial charge on any atom is 0.423 e. The number of hydrogen-bond donors (Lipinski definition) is 3. The zero-order chi connectivity index (χ0) is 17.6. The van der Waals surface area contributed by atoms with E-state index in [1.807, 2.05) is 0 Å². The van der Waals surface area contributed by atoms with Gasteiger partial charge in [-0.15, -0.1) is 0 Å². The molecule has 0 spiro atoms. The van der Waals surface area contributed by atoms with Gasteiger partial charge in [0.2, 0.25) is 0 Å². The van der Waals surface area contributed by atoms with Crippen LogP contribution in [0, 0.1) is 15.5 Å². The second-order valence-corrected chi connectivity index (χ2v) is 5.06. The molecule has 23 heavy (non-hydrogen) atoms. The number of carbonyl (C=O) groups excluding carboxylic acids is 1. The molecule has 1 saturated heterocycles. The number of rotatable bonds is 3. The van der Waals surface area contributed by atoms with Crippen LogP contribution in [0.3, 0.4) is 0 Å². The third-order valence-electron chi connectivity index (χ3n) is 3.39. The molecule has 0 aromatic heterocycles. The van der Waals surface area contributed by atoms with Crippen molar-refractivity contribution >= 4 is 23.2 Å². The lowest BCUT2D eigenvalue weighted by molar-refractivity contribution is -0.388. The van der Waals surface area contributed by atoms with Gasteiger partial charge in [0.05, 0.1) is 17.2 Å². The van der Waals surface area contributed by atoms with Crippen molar-refractivity contribution in [1.82, 2.24) is 5.32 Å². The molecule has 3 N–H and O–H groups in total. The summed E-state index contributed by atoms with van der Waals surface area (Å²) in [5.41, 5.74) is -4.49. The van der Waals surface area contributed by atoms with Crippen molar-refractivity contribution < 1.29 is 28.0 Å². The molecule has 0 radical (unpaired) electrons. The number of amides is 2. The molecule has 1 heterocycles. The fourth-order valence-corrected chi connectivity index (χ4v) is 2.11. The molecule has 1 atom stereocenters. The zero-order valence-electron chi connectivity index (χ0n) is 11.6. The molecule has 8 nitrogen and oxygen atoms in total. The Bertz CT molecular complexity index is 706. The number of alkyl halides is 3. The molecule has 11 heteroatoms. The molecular formula is C12H11F3N4O4. The van der Waals surface area contributed by atoms with Gasteiger partial charge in [0.25, 0.3) is 5.69 Å². The molecule has 2 amide bonds. The number of hydrogen-bond acceptors (Lipinski definition) is 5. The Morgan fingerprint density at radius 1 is 1.48 bits per heavy atom. The average molecular weight is 332 g/mol. The van der Waals surface area contributed by atoms with E-state index in [2.05, 4.69) is 5.32 Å². The number of urea groups is 1. The lowest BCUT2D eigenvalue weighted by Crippen LogP contribution is -2.47. The lowest BCUT2D eigenvalue weighted by atomic mass is 10.0. The first-order valence-electron chi connectivity index (χ1n) is 6.19. The van der Waals surface area contributed by atoms with E-state index in [9.17, 15) is 33.2 Å². The maximum absolute atomic E-state index is 13.0. The number of nitrogens with zero attached hydrogens (tertiary/aromatic N) is 2. The molecule has 124 valence electrons. The number of nitrogens with one attached hydrogen (secondary N) is 2. The number of aliphatic hydroxyl groups excluding tert-OH is 1. The third-order valence-corrected chi connectivity index (χ3v) is 3.39. The number of nitro benzene ring substituents is 1. The summed E-state index contributed by atoms with van der Waals surface area (Å²) in [7, 11) is 0. The summed E-state index contributed by atoms with van der Waals surface area (Å²) in [6.45, 7) is 0.691. The quantitative estimate of drug-likeness (QED) is 0.578. The molecule has 0 bridgehead atoms. The van der Waals surface area contributed by atoms with Gasteiger partial charge in [0, 0.05) is 6.07 Å². The third kappa shape index (κ3) is 2.70. The van der Waals surface area contributed by atoms with Gasteiger partial charge in [0.15, 0.2) is 0 Å². The van der Waals surface area contributed by atoms with Crippen LogP contribution in [0.1, 0.15) is 12.5 Å². The second kappa shape index (κ2) is 5.19. The van der Waals surface area contributed by atoms with Crippen LogP contribution in [0.25, 0.3) is 0 Å². The Balaban J connectivity index is 2.56. The maximum atomic E-state index is 13.0. The summed E-state index contributed by atoms with van der Waals surface area (Å²) >= 11 is 0. The van der Waals surface area contributed by atoms with Crippen LogP contribution in [0.15, 0.2) is 18.2 Å². The number of halogens is 3. The topological polar surface area (TPSA) is 120 Å². The van der Waals surface area contributed by atoms with Gasteiger partial charge in [-0.05, 0) is 19.1 Å². The fraction of sp³-hybridized carbons (Fsp3) is 0.333. The van der Waals surface area contributed by atoms with E-state index in [1.54, 1.807) is 0 Å². The molecule has 0 aliphatic carbocycles. The summed E-state index contributed by atoms with van der Waals surface area (Å²) in [6.07, 6.45) is -5.00. The molecule has 0 saturated carbocycles. The van der Waals surface area contributed by atoms with Crippen molar-refractivity contribution in [2.24, 2.45) is 0 Å². The Hall–Kier alpha value is -2.69. The van der Waals surface area contributed by atoms with Gasteiger partial charge in [-0.3, -0.25) is 15.5 Å². The minimum atomic E-state index is -5.00. The molecule has 1 aliphatic heterocycles. The number of benzene rings is 1. The number of carbonyl (C=O) groups is 1. The summed E-state index contributed by atoms with van der Waals surface area (Å²) in [6, 6.07) is 1.07. The van der Waals surface area contributed by atoms with Crippen LogP contribution < -0.4 is 10.2 Å². The van der Waals surface area contributed by atoms with E-state index < -0.39 is 46.4 Å². The van der Waals surface area contributed by atoms with Crippen molar-refractivity contribution in [1.29, 1.82) is 5.41 Å².